The van der Waals surface area contributed by atoms with Crippen LogP contribution >= 0.6 is 0 Å². The molecule has 3 aromatic rings. The first-order valence-corrected chi connectivity index (χ1v) is 14.8. The van der Waals surface area contributed by atoms with Gasteiger partial charge >= 0.3 is 5.97 Å². The Hall–Kier alpha value is -3.93. The molecule has 1 heterocycles. The highest BCUT2D eigenvalue weighted by Crippen LogP contribution is 2.32. The summed E-state index contributed by atoms with van der Waals surface area (Å²) in [6.07, 6.45) is 8.69. The average Bonchev–Trinajstić information content (AvgIpc) is 3.30. The summed E-state index contributed by atoms with van der Waals surface area (Å²) in [5, 5.41) is 2.98. The van der Waals surface area contributed by atoms with Gasteiger partial charge in [0.05, 0.1) is 7.11 Å². The fraction of sp³-hybridized carbons (Fsp3) is 0.400. The van der Waals surface area contributed by atoms with Crippen molar-refractivity contribution in [2.75, 3.05) is 12.4 Å². The minimum Gasteiger partial charge on any atom is -0.467 e. The zero-order valence-electron chi connectivity index (χ0n) is 24.7. The van der Waals surface area contributed by atoms with Gasteiger partial charge in [-0.2, -0.15) is 0 Å². The minimum atomic E-state index is -0.622. The van der Waals surface area contributed by atoms with Gasteiger partial charge in [-0.15, -0.1) is 0 Å². The number of unbranched alkanes of at least 4 members (excludes halogenated alkanes) is 5. The van der Waals surface area contributed by atoms with Crippen molar-refractivity contribution >= 4 is 23.5 Å². The number of esters is 1. The molecular weight excluding hydrogens is 512 g/mol. The predicted octanol–water partition coefficient (Wildman–Crippen LogP) is 7.66. The predicted molar refractivity (Wildman–Crippen MR) is 164 cm³/mol. The third-order valence-electron chi connectivity index (χ3n) is 7.86. The molecule has 0 saturated heterocycles. The number of anilines is 1. The Labute approximate surface area is 244 Å². The molecule has 3 aromatic carbocycles. The number of amides is 2. The molecule has 41 heavy (non-hydrogen) atoms. The van der Waals surface area contributed by atoms with Crippen molar-refractivity contribution < 1.29 is 19.1 Å². The van der Waals surface area contributed by atoms with E-state index in [4.69, 9.17) is 4.74 Å². The van der Waals surface area contributed by atoms with Gasteiger partial charge in [0.1, 0.15) is 6.04 Å². The Morgan fingerprint density at radius 1 is 0.878 bits per heavy atom. The molecule has 0 radical (unpaired) electrons. The zero-order valence-corrected chi connectivity index (χ0v) is 24.7. The lowest BCUT2D eigenvalue weighted by Crippen LogP contribution is -2.45. The van der Waals surface area contributed by atoms with Gasteiger partial charge in [0.25, 0.3) is 11.8 Å². The Kier molecular flexibility index (Phi) is 10.3. The van der Waals surface area contributed by atoms with Crippen LogP contribution in [-0.2, 0) is 22.5 Å². The SMILES string of the molecule is CCCCCCCCc1ccc(C(=O)Nc2ccc(-c3ccc4c(c3)C(=O)N([C@H](C(=O)OC)C(C)C)C4)cc2)cc1. The molecule has 0 unspecified atom stereocenters. The average molecular weight is 555 g/mol. The number of rotatable bonds is 13. The summed E-state index contributed by atoms with van der Waals surface area (Å²) in [4.78, 5) is 40.0. The van der Waals surface area contributed by atoms with Crippen LogP contribution in [0.2, 0.25) is 0 Å². The van der Waals surface area contributed by atoms with Crippen LogP contribution in [0.4, 0.5) is 5.69 Å². The fourth-order valence-electron chi connectivity index (χ4n) is 5.49. The highest BCUT2D eigenvalue weighted by Gasteiger charge is 2.38. The second kappa shape index (κ2) is 14.1. The Bertz CT molecular complexity index is 1350. The highest BCUT2D eigenvalue weighted by atomic mass is 16.5. The number of fused-ring (bicyclic) bond motifs is 1. The van der Waals surface area contributed by atoms with Gasteiger partial charge in [-0.3, -0.25) is 9.59 Å². The van der Waals surface area contributed by atoms with Gasteiger partial charge in [-0.1, -0.05) is 89.3 Å². The molecule has 6 heteroatoms. The molecule has 1 aliphatic heterocycles. The minimum absolute atomic E-state index is 0.0639. The maximum atomic E-state index is 13.2. The lowest BCUT2D eigenvalue weighted by Gasteiger charge is -2.28. The summed E-state index contributed by atoms with van der Waals surface area (Å²) in [5.74, 6) is -0.765. The third-order valence-corrected chi connectivity index (χ3v) is 7.86. The normalized spacial score (nSPS) is 13.3. The van der Waals surface area contributed by atoms with Crippen LogP contribution in [0.25, 0.3) is 11.1 Å². The Morgan fingerprint density at radius 2 is 1.54 bits per heavy atom. The number of benzene rings is 3. The van der Waals surface area contributed by atoms with E-state index >= 15 is 0 Å². The summed E-state index contributed by atoms with van der Waals surface area (Å²) in [6.45, 7) is 6.45. The first-order valence-electron chi connectivity index (χ1n) is 14.8. The number of methoxy groups -OCH3 is 1. The summed E-state index contributed by atoms with van der Waals surface area (Å²) in [5.41, 5.74) is 5.94. The van der Waals surface area contributed by atoms with E-state index in [2.05, 4.69) is 24.4 Å². The van der Waals surface area contributed by atoms with Crippen molar-refractivity contribution in [2.24, 2.45) is 5.92 Å². The largest absolute Gasteiger partial charge is 0.467 e. The molecule has 0 bridgehead atoms. The molecular formula is C35H42N2O4. The number of ether oxygens (including phenoxy) is 1. The van der Waals surface area contributed by atoms with Crippen LogP contribution in [0.3, 0.4) is 0 Å². The fourth-order valence-corrected chi connectivity index (χ4v) is 5.49. The van der Waals surface area contributed by atoms with E-state index in [9.17, 15) is 14.4 Å². The summed E-state index contributed by atoms with van der Waals surface area (Å²) in [7, 11) is 1.35. The van der Waals surface area contributed by atoms with E-state index < -0.39 is 12.0 Å². The van der Waals surface area contributed by atoms with E-state index in [1.165, 1.54) is 51.2 Å². The zero-order chi connectivity index (χ0) is 29.4. The molecule has 1 atom stereocenters. The number of hydrogen-bond donors (Lipinski definition) is 1. The van der Waals surface area contributed by atoms with Crippen LogP contribution in [0, 0.1) is 5.92 Å². The van der Waals surface area contributed by atoms with Crippen LogP contribution in [-0.4, -0.2) is 35.8 Å². The van der Waals surface area contributed by atoms with Crippen LogP contribution in [0.5, 0.6) is 0 Å². The van der Waals surface area contributed by atoms with Crippen molar-refractivity contribution in [3.8, 4) is 11.1 Å². The molecule has 0 aromatic heterocycles. The topological polar surface area (TPSA) is 75.7 Å². The van der Waals surface area contributed by atoms with Crippen molar-refractivity contribution in [3.05, 3.63) is 89.0 Å². The number of hydrogen-bond acceptors (Lipinski definition) is 4. The second-order valence-corrected chi connectivity index (χ2v) is 11.3. The Balaban J connectivity index is 1.35. The molecule has 0 spiro atoms. The molecule has 1 N–H and O–H groups in total. The lowest BCUT2D eigenvalue weighted by molar-refractivity contribution is -0.147. The van der Waals surface area contributed by atoms with Gasteiger partial charge in [0, 0.05) is 23.4 Å². The number of nitrogens with one attached hydrogen (secondary N) is 1. The highest BCUT2D eigenvalue weighted by molar-refractivity contribution is 6.04. The maximum absolute atomic E-state index is 13.2. The van der Waals surface area contributed by atoms with Gasteiger partial charge < -0.3 is 15.0 Å². The molecule has 0 saturated carbocycles. The lowest BCUT2D eigenvalue weighted by atomic mass is 10.00. The second-order valence-electron chi connectivity index (χ2n) is 11.3. The first kappa shape index (κ1) is 30.0. The van der Waals surface area contributed by atoms with E-state index in [1.807, 2.05) is 68.4 Å². The molecule has 0 fully saturated rings. The smallest absolute Gasteiger partial charge is 0.328 e. The molecule has 216 valence electrons. The van der Waals surface area contributed by atoms with Gasteiger partial charge in [0.2, 0.25) is 0 Å². The van der Waals surface area contributed by atoms with Gasteiger partial charge in [-0.05, 0) is 71.3 Å². The monoisotopic (exact) mass is 554 g/mol. The van der Waals surface area contributed by atoms with Crippen LogP contribution < -0.4 is 5.32 Å². The van der Waals surface area contributed by atoms with E-state index in [0.717, 1.165) is 23.1 Å². The molecule has 0 aliphatic carbocycles. The third kappa shape index (κ3) is 7.43. The maximum Gasteiger partial charge on any atom is 0.328 e. The van der Waals surface area contributed by atoms with Crippen molar-refractivity contribution in [1.82, 2.24) is 4.90 Å². The van der Waals surface area contributed by atoms with Crippen LogP contribution in [0.15, 0.2) is 66.7 Å². The number of nitrogens with zero attached hydrogens (tertiary/aromatic N) is 1. The summed E-state index contributed by atoms with van der Waals surface area (Å²) in [6, 6.07) is 20.7. The summed E-state index contributed by atoms with van der Waals surface area (Å²) < 4.78 is 4.96. The molecule has 6 nitrogen and oxygen atoms in total. The molecule has 1 aliphatic rings. The number of carbonyl (C=O) groups is 3. The van der Waals surface area contributed by atoms with Crippen molar-refractivity contribution in [1.29, 1.82) is 0 Å². The quantitative estimate of drug-likeness (QED) is 0.174. The standard InChI is InChI=1S/C35H42N2O4/c1-5-6-7-8-9-10-11-25-12-14-27(15-13-25)33(38)36-30-20-18-26(19-21-30)28-16-17-29-23-37(34(39)31(29)22-28)32(24(2)3)35(40)41-4/h12-22,24,32H,5-11,23H2,1-4H3,(H,36,38)/t32-/m0/s1. The summed E-state index contributed by atoms with van der Waals surface area (Å²) >= 11 is 0. The first-order chi connectivity index (χ1) is 19.8. The van der Waals surface area contributed by atoms with E-state index in [-0.39, 0.29) is 17.7 Å². The van der Waals surface area contributed by atoms with Gasteiger partial charge in [-0.25, -0.2) is 4.79 Å². The van der Waals surface area contributed by atoms with E-state index in [0.29, 0.717) is 23.4 Å². The van der Waals surface area contributed by atoms with Crippen LogP contribution in [0.1, 0.15) is 91.1 Å². The number of carbonyl (C=O) groups excluding carboxylic acids is 3. The molecule has 4 rings (SSSR count). The van der Waals surface area contributed by atoms with E-state index in [1.54, 1.807) is 4.90 Å². The molecule has 2 amide bonds. The van der Waals surface area contributed by atoms with Gasteiger partial charge in [0.15, 0.2) is 0 Å². The van der Waals surface area contributed by atoms with Crippen molar-refractivity contribution in [2.45, 2.75) is 78.3 Å². The van der Waals surface area contributed by atoms with Crippen molar-refractivity contribution in [3.63, 3.8) is 0 Å². The Morgan fingerprint density at radius 3 is 2.20 bits per heavy atom. The number of aryl methyl sites for hydroxylation is 1.